The van der Waals surface area contributed by atoms with Gasteiger partial charge in [0.1, 0.15) is 0 Å². The van der Waals surface area contributed by atoms with Crippen LogP contribution in [0.25, 0.3) is 28.2 Å². The number of anilines is 1. The number of rotatable bonds is 5. The Morgan fingerprint density at radius 2 is 1.54 bits per heavy atom. The average molecular weight is 645 g/mol. The molecule has 0 spiro atoms. The Morgan fingerprint density at radius 1 is 0.720 bits per heavy atom. The molecule has 0 saturated heterocycles. The molecule has 1 aliphatic heterocycles. The third kappa shape index (κ3) is 4.85. The van der Waals surface area contributed by atoms with Gasteiger partial charge in [-0.15, -0.1) is 0 Å². The topological polar surface area (TPSA) is 8.17 Å². The number of nitrogens with zero attached hydrogens (tertiary/aromatic N) is 2. The van der Waals surface area contributed by atoms with Crippen LogP contribution in [0.5, 0.6) is 0 Å². The van der Waals surface area contributed by atoms with Crippen LogP contribution < -0.4 is 4.90 Å². The van der Waals surface area contributed by atoms with Gasteiger partial charge in [0, 0.05) is 45.6 Å². The van der Waals surface area contributed by atoms with E-state index in [1.54, 1.807) is 0 Å². The van der Waals surface area contributed by atoms with Crippen LogP contribution in [0.3, 0.4) is 0 Å². The van der Waals surface area contributed by atoms with E-state index < -0.39 is 0 Å². The summed E-state index contributed by atoms with van der Waals surface area (Å²) in [4.78, 5) is 2.64. The zero-order chi connectivity index (χ0) is 33.0. The lowest BCUT2D eigenvalue weighted by Crippen LogP contribution is -2.33. The van der Waals surface area contributed by atoms with E-state index in [0.29, 0.717) is 17.9 Å². The smallest absolute Gasteiger partial charge is 0.0626 e. The maximum Gasteiger partial charge on any atom is 0.0626 e. The Kier molecular flexibility index (Phi) is 7.08. The van der Waals surface area contributed by atoms with Crippen LogP contribution in [-0.4, -0.2) is 10.6 Å². The highest BCUT2D eigenvalue weighted by atomic mass is 15.2. The molecule has 0 radical (unpaired) electrons. The second-order valence-corrected chi connectivity index (χ2v) is 14.3. The monoisotopic (exact) mass is 644 g/mol. The van der Waals surface area contributed by atoms with Crippen LogP contribution in [-0.2, 0) is 6.42 Å². The van der Waals surface area contributed by atoms with Gasteiger partial charge in [0.25, 0.3) is 0 Å². The van der Waals surface area contributed by atoms with Crippen molar-refractivity contribution in [1.29, 1.82) is 0 Å². The fraction of sp³-hybridized carbons (Fsp3) is 0.167. The Labute approximate surface area is 295 Å². The number of fused-ring (bicyclic) bond motifs is 6. The van der Waals surface area contributed by atoms with Crippen molar-refractivity contribution in [2.45, 2.75) is 50.0 Å². The van der Waals surface area contributed by atoms with Crippen molar-refractivity contribution in [2.24, 2.45) is 0 Å². The molecule has 10 rings (SSSR count). The van der Waals surface area contributed by atoms with E-state index in [1.807, 2.05) is 0 Å². The van der Waals surface area contributed by atoms with Gasteiger partial charge in [-0.2, -0.15) is 0 Å². The molecule has 0 bridgehead atoms. The van der Waals surface area contributed by atoms with Gasteiger partial charge < -0.3 is 9.47 Å². The Bertz CT molecular complexity index is 2360. The zero-order valence-corrected chi connectivity index (χ0v) is 28.3. The molecule has 5 aliphatic rings. The molecule has 2 heterocycles. The average Bonchev–Trinajstić information content (AvgIpc) is 3.71. The van der Waals surface area contributed by atoms with Crippen molar-refractivity contribution >= 4 is 28.2 Å². The molecule has 50 heavy (non-hydrogen) atoms. The number of benzene rings is 4. The summed E-state index contributed by atoms with van der Waals surface area (Å²) in [6.45, 7) is 0. The lowest BCUT2D eigenvalue weighted by molar-refractivity contribution is 0.696. The van der Waals surface area contributed by atoms with Crippen LogP contribution in [0.4, 0.5) is 5.69 Å². The first kappa shape index (κ1) is 29.3. The first-order chi connectivity index (χ1) is 24.8. The van der Waals surface area contributed by atoms with E-state index in [0.717, 1.165) is 32.1 Å². The number of hydrogen-bond donors (Lipinski definition) is 0. The molecule has 2 nitrogen and oxygen atoms in total. The molecule has 3 atom stereocenters. The molecule has 3 unspecified atom stereocenters. The Balaban J connectivity index is 1.03. The normalized spacial score (nSPS) is 22.0. The van der Waals surface area contributed by atoms with E-state index in [2.05, 4.69) is 173 Å². The highest BCUT2D eigenvalue weighted by Crippen LogP contribution is 2.50. The SMILES string of the molecule is C1=CCCC(N2c3ccc(C4C=CC(c5ccccc5)=CC4)cc3C3C=C(C4=Cc5c(n(-c6ccccc6)c6ccccc56)CC4)C=CC32)=C1. The molecule has 4 aliphatic carbocycles. The van der Waals surface area contributed by atoms with E-state index in [9.17, 15) is 0 Å². The van der Waals surface area contributed by atoms with Gasteiger partial charge in [0.15, 0.2) is 0 Å². The van der Waals surface area contributed by atoms with Gasteiger partial charge in [-0.05, 0) is 102 Å². The van der Waals surface area contributed by atoms with E-state index in [1.165, 1.54) is 72.6 Å². The lowest BCUT2D eigenvalue weighted by Gasteiger charge is -2.32. The van der Waals surface area contributed by atoms with Crippen LogP contribution >= 0.6 is 0 Å². The molecule has 0 N–H and O–H groups in total. The van der Waals surface area contributed by atoms with Crippen LogP contribution in [0.15, 0.2) is 175 Å². The van der Waals surface area contributed by atoms with E-state index in [4.69, 9.17) is 0 Å². The molecule has 242 valence electrons. The fourth-order valence-corrected chi connectivity index (χ4v) is 9.03. The van der Waals surface area contributed by atoms with Crippen LogP contribution in [0.1, 0.15) is 65.5 Å². The van der Waals surface area contributed by atoms with Crippen molar-refractivity contribution in [3.63, 3.8) is 0 Å². The first-order valence-electron chi connectivity index (χ1n) is 18.3. The van der Waals surface area contributed by atoms with Crippen molar-refractivity contribution < 1.29 is 0 Å². The second kappa shape index (κ2) is 12.1. The van der Waals surface area contributed by atoms with E-state index >= 15 is 0 Å². The van der Waals surface area contributed by atoms with Crippen LogP contribution in [0, 0.1) is 0 Å². The molecule has 2 heteroatoms. The Morgan fingerprint density at radius 3 is 2.36 bits per heavy atom. The minimum atomic E-state index is 0.299. The van der Waals surface area contributed by atoms with Gasteiger partial charge in [-0.25, -0.2) is 0 Å². The van der Waals surface area contributed by atoms with Crippen molar-refractivity contribution in [3.05, 3.63) is 203 Å². The molecule has 0 fully saturated rings. The first-order valence-corrected chi connectivity index (χ1v) is 18.3. The van der Waals surface area contributed by atoms with E-state index in [-0.39, 0.29) is 0 Å². The summed E-state index contributed by atoms with van der Waals surface area (Å²) in [5.74, 6) is 0.703. The maximum absolute atomic E-state index is 2.64. The predicted octanol–water partition coefficient (Wildman–Crippen LogP) is 11.8. The molecular formula is C48H40N2. The summed E-state index contributed by atoms with van der Waals surface area (Å²) in [6.07, 6.45) is 29.3. The standard InChI is InChI=1S/C48H40N2/c1-4-12-33(13-5-1)34-20-22-35(23-21-34)36-24-27-47-43(30-36)44-32-38(26-29-48(44)50(47)40-16-8-3-9-17-40)37-25-28-46-42(31-37)41-18-10-11-19-45(41)49(46)39-14-6-2-7-15-39/h1-8,10-16,18-22,24,26-27,29-32,35,44,48H,9,17,23,25,28H2. The summed E-state index contributed by atoms with van der Waals surface area (Å²) in [7, 11) is 0. The van der Waals surface area contributed by atoms with Gasteiger partial charge in [-0.3, -0.25) is 0 Å². The molecule has 0 saturated carbocycles. The highest BCUT2D eigenvalue weighted by molar-refractivity contribution is 5.94. The van der Waals surface area contributed by atoms with Gasteiger partial charge in [0.05, 0.1) is 11.6 Å². The van der Waals surface area contributed by atoms with Crippen LogP contribution in [0.2, 0.25) is 0 Å². The van der Waals surface area contributed by atoms with Gasteiger partial charge in [0.2, 0.25) is 0 Å². The molecule has 1 aromatic heterocycles. The largest absolute Gasteiger partial charge is 0.337 e. The third-order valence-electron chi connectivity index (χ3n) is 11.5. The third-order valence-corrected chi connectivity index (χ3v) is 11.5. The number of hydrogen-bond acceptors (Lipinski definition) is 1. The lowest BCUT2D eigenvalue weighted by atomic mass is 9.81. The minimum Gasteiger partial charge on any atom is -0.337 e. The summed E-state index contributed by atoms with van der Waals surface area (Å²) >= 11 is 0. The maximum atomic E-state index is 2.64. The van der Waals surface area contributed by atoms with Gasteiger partial charge in [-0.1, -0.05) is 127 Å². The number of aromatic nitrogens is 1. The quantitative estimate of drug-likeness (QED) is 0.185. The fourth-order valence-electron chi connectivity index (χ4n) is 9.03. The summed E-state index contributed by atoms with van der Waals surface area (Å²) in [5, 5.41) is 1.34. The number of allylic oxidation sites excluding steroid dienone is 11. The van der Waals surface area contributed by atoms with Crippen molar-refractivity contribution in [2.75, 3.05) is 4.90 Å². The van der Waals surface area contributed by atoms with Crippen molar-refractivity contribution in [1.82, 2.24) is 4.57 Å². The summed E-state index contributed by atoms with van der Waals surface area (Å²) < 4.78 is 2.48. The second-order valence-electron chi connectivity index (χ2n) is 14.3. The molecule has 5 aromatic rings. The molecule has 0 amide bonds. The molecular weight excluding hydrogens is 605 g/mol. The highest BCUT2D eigenvalue weighted by Gasteiger charge is 2.40. The number of para-hydroxylation sites is 2. The predicted molar refractivity (Wildman–Crippen MR) is 210 cm³/mol. The summed E-state index contributed by atoms with van der Waals surface area (Å²) in [5.41, 5.74) is 16.5. The van der Waals surface area contributed by atoms with Gasteiger partial charge >= 0.3 is 0 Å². The zero-order valence-electron chi connectivity index (χ0n) is 28.3. The minimum absolute atomic E-state index is 0.299. The molecule has 4 aromatic carbocycles. The van der Waals surface area contributed by atoms with Crippen molar-refractivity contribution in [3.8, 4) is 5.69 Å². The summed E-state index contributed by atoms with van der Waals surface area (Å²) in [6, 6.07) is 38.2. The Hall–Kier alpha value is -5.60.